The third kappa shape index (κ3) is 6.12. The topological polar surface area (TPSA) is 40.5 Å². The largest absolute Gasteiger partial charge is 0.508 e. The molecular formula is C23H32O2. The molecule has 2 aromatic rings. The van der Waals surface area contributed by atoms with Crippen molar-refractivity contribution in [1.29, 1.82) is 0 Å². The molecule has 0 aromatic heterocycles. The van der Waals surface area contributed by atoms with Crippen LogP contribution < -0.4 is 0 Å². The maximum atomic E-state index is 10.1. The van der Waals surface area contributed by atoms with E-state index in [4.69, 9.17) is 0 Å². The number of aromatic hydroxyl groups is 2. The van der Waals surface area contributed by atoms with Crippen LogP contribution in [0.4, 0.5) is 0 Å². The summed E-state index contributed by atoms with van der Waals surface area (Å²) in [7, 11) is 0. The van der Waals surface area contributed by atoms with E-state index in [1.54, 1.807) is 0 Å². The van der Waals surface area contributed by atoms with Gasteiger partial charge in [0.25, 0.3) is 0 Å². The Balaban J connectivity index is 2.08. The van der Waals surface area contributed by atoms with E-state index >= 15 is 0 Å². The number of aryl methyl sites for hydroxylation is 2. The van der Waals surface area contributed by atoms with E-state index in [0.29, 0.717) is 11.5 Å². The highest BCUT2D eigenvalue weighted by atomic mass is 16.3. The molecule has 2 N–H and O–H groups in total. The van der Waals surface area contributed by atoms with Gasteiger partial charge in [-0.3, -0.25) is 0 Å². The number of phenols is 2. The van der Waals surface area contributed by atoms with E-state index < -0.39 is 0 Å². The van der Waals surface area contributed by atoms with Gasteiger partial charge in [-0.05, 0) is 66.5 Å². The molecule has 0 aliphatic rings. The van der Waals surface area contributed by atoms with Crippen molar-refractivity contribution < 1.29 is 10.2 Å². The molecule has 25 heavy (non-hydrogen) atoms. The average Bonchev–Trinajstić information content (AvgIpc) is 2.61. The summed E-state index contributed by atoms with van der Waals surface area (Å²) in [6, 6.07) is 11.9. The maximum Gasteiger partial charge on any atom is 0.118 e. The van der Waals surface area contributed by atoms with E-state index in [1.807, 2.05) is 24.3 Å². The Kier molecular flexibility index (Phi) is 7.84. The third-order valence-corrected chi connectivity index (χ3v) is 4.80. The minimum absolute atomic E-state index is 0.408. The second-order valence-electron chi connectivity index (χ2n) is 7.02. The van der Waals surface area contributed by atoms with Crippen molar-refractivity contribution in [1.82, 2.24) is 0 Å². The van der Waals surface area contributed by atoms with Gasteiger partial charge in [-0.2, -0.15) is 0 Å². The van der Waals surface area contributed by atoms with Crippen molar-refractivity contribution in [3.05, 3.63) is 58.7 Å². The predicted octanol–water partition coefficient (Wildman–Crippen LogP) is 6.15. The first-order chi connectivity index (χ1) is 12.1. The molecule has 2 aromatic carbocycles. The summed E-state index contributed by atoms with van der Waals surface area (Å²) in [6.07, 6.45) is 9.72. The summed E-state index contributed by atoms with van der Waals surface area (Å²) < 4.78 is 0. The summed E-state index contributed by atoms with van der Waals surface area (Å²) in [5.74, 6) is 0.816. The normalized spacial score (nSPS) is 11.0. The molecule has 0 atom stereocenters. The molecule has 2 nitrogen and oxygen atoms in total. The van der Waals surface area contributed by atoms with Crippen LogP contribution in [0.5, 0.6) is 11.5 Å². The maximum absolute atomic E-state index is 10.1. The molecule has 0 radical (unpaired) electrons. The lowest BCUT2D eigenvalue weighted by atomic mass is 9.97. The van der Waals surface area contributed by atoms with Gasteiger partial charge in [0.2, 0.25) is 0 Å². The number of benzene rings is 2. The summed E-state index contributed by atoms with van der Waals surface area (Å²) in [5.41, 5.74) is 4.53. The van der Waals surface area contributed by atoms with Crippen LogP contribution in [-0.4, -0.2) is 10.2 Å². The highest BCUT2D eigenvalue weighted by Gasteiger charge is 2.07. The molecule has 136 valence electrons. The zero-order chi connectivity index (χ0) is 18.1. The third-order valence-electron chi connectivity index (χ3n) is 4.80. The quantitative estimate of drug-likeness (QED) is 0.509. The van der Waals surface area contributed by atoms with E-state index in [-0.39, 0.29) is 0 Å². The molecule has 0 aliphatic carbocycles. The Morgan fingerprint density at radius 2 is 1.08 bits per heavy atom. The van der Waals surface area contributed by atoms with Gasteiger partial charge in [0, 0.05) is 0 Å². The Morgan fingerprint density at radius 1 is 0.640 bits per heavy atom. The molecule has 0 bridgehead atoms. The summed E-state index contributed by atoms with van der Waals surface area (Å²) >= 11 is 0. The minimum atomic E-state index is 0.408. The fourth-order valence-electron chi connectivity index (χ4n) is 3.26. The molecule has 2 heteroatoms. The smallest absolute Gasteiger partial charge is 0.118 e. The zero-order valence-electron chi connectivity index (χ0n) is 15.7. The molecule has 0 spiro atoms. The number of rotatable bonds is 10. The van der Waals surface area contributed by atoms with Crippen molar-refractivity contribution >= 4 is 0 Å². The van der Waals surface area contributed by atoms with Crippen LogP contribution in [-0.2, 0) is 19.3 Å². The molecule has 0 saturated carbocycles. The van der Waals surface area contributed by atoms with E-state index in [2.05, 4.69) is 26.0 Å². The van der Waals surface area contributed by atoms with Crippen LogP contribution in [0.25, 0.3) is 0 Å². The van der Waals surface area contributed by atoms with E-state index in [9.17, 15) is 10.2 Å². The lowest BCUT2D eigenvalue weighted by Crippen LogP contribution is -1.95. The Morgan fingerprint density at radius 3 is 1.48 bits per heavy atom. The molecular weight excluding hydrogens is 308 g/mol. The zero-order valence-corrected chi connectivity index (χ0v) is 15.7. The fraction of sp³-hybridized carbons (Fsp3) is 0.478. The Labute approximate surface area is 152 Å². The van der Waals surface area contributed by atoms with Crippen molar-refractivity contribution in [3.63, 3.8) is 0 Å². The number of hydrogen-bond acceptors (Lipinski definition) is 2. The average molecular weight is 341 g/mol. The van der Waals surface area contributed by atoms with Crippen LogP contribution in [0.1, 0.15) is 74.6 Å². The highest BCUT2D eigenvalue weighted by molar-refractivity contribution is 5.41. The van der Waals surface area contributed by atoms with Crippen LogP contribution in [0.15, 0.2) is 36.4 Å². The van der Waals surface area contributed by atoms with Gasteiger partial charge in [-0.15, -0.1) is 0 Å². The Hall–Kier alpha value is -1.96. The molecule has 0 fully saturated rings. The molecule has 0 aliphatic heterocycles. The molecule has 0 heterocycles. The lowest BCUT2D eigenvalue weighted by molar-refractivity contribution is 0.466. The van der Waals surface area contributed by atoms with Gasteiger partial charge in [0.1, 0.15) is 11.5 Å². The monoisotopic (exact) mass is 340 g/mol. The van der Waals surface area contributed by atoms with Crippen LogP contribution in [0.2, 0.25) is 0 Å². The lowest BCUT2D eigenvalue weighted by Gasteiger charge is -2.10. The SMILES string of the molecule is CCCCCc1cc(Cc2ccc(O)c(CCCCC)c2)ccc1O. The second-order valence-corrected chi connectivity index (χ2v) is 7.02. The van der Waals surface area contributed by atoms with E-state index in [1.165, 1.54) is 36.8 Å². The van der Waals surface area contributed by atoms with Crippen LogP contribution in [0, 0.1) is 0 Å². The van der Waals surface area contributed by atoms with Crippen LogP contribution in [0.3, 0.4) is 0 Å². The molecule has 0 saturated heterocycles. The first kappa shape index (κ1) is 19.4. The van der Waals surface area contributed by atoms with Crippen molar-refractivity contribution in [2.45, 2.75) is 71.6 Å². The van der Waals surface area contributed by atoms with Crippen LogP contribution >= 0.6 is 0 Å². The van der Waals surface area contributed by atoms with Gasteiger partial charge in [0.05, 0.1) is 0 Å². The number of unbranched alkanes of at least 4 members (excludes halogenated alkanes) is 4. The van der Waals surface area contributed by atoms with Crippen molar-refractivity contribution in [3.8, 4) is 11.5 Å². The standard InChI is InChI=1S/C23H32O2/c1-3-5-7-9-20-16-18(11-13-22(20)24)15-19-12-14-23(25)21(17-19)10-8-6-4-2/h11-14,16-17,24-25H,3-10,15H2,1-2H3. The first-order valence-corrected chi connectivity index (χ1v) is 9.75. The second kappa shape index (κ2) is 10.1. The van der Waals surface area contributed by atoms with Crippen molar-refractivity contribution in [2.75, 3.05) is 0 Å². The summed E-state index contributed by atoms with van der Waals surface area (Å²) in [5, 5.41) is 20.1. The fourth-order valence-corrected chi connectivity index (χ4v) is 3.26. The Bertz CT molecular complexity index is 604. The van der Waals surface area contributed by atoms with Crippen molar-refractivity contribution in [2.24, 2.45) is 0 Å². The van der Waals surface area contributed by atoms with E-state index in [0.717, 1.165) is 43.2 Å². The van der Waals surface area contributed by atoms with Gasteiger partial charge >= 0.3 is 0 Å². The van der Waals surface area contributed by atoms with Gasteiger partial charge in [-0.1, -0.05) is 63.8 Å². The highest BCUT2D eigenvalue weighted by Crippen LogP contribution is 2.25. The first-order valence-electron chi connectivity index (χ1n) is 9.75. The number of phenolic OH excluding ortho intramolecular Hbond substituents is 2. The van der Waals surface area contributed by atoms with Gasteiger partial charge < -0.3 is 10.2 Å². The number of hydrogen-bond donors (Lipinski definition) is 2. The van der Waals surface area contributed by atoms with Gasteiger partial charge in [-0.25, -0.2) is 0 Å². The summed E-state index contributed by atoms with van der Waals surface area (Å²) in [4.78, 5) is 0. The minimum Gasteiger partial charge on any atom is -0.508 e. The summed E-state index contributed by atoms with van der Waals surface area (Å²) in [6.45, 7) is 4.39. The predicted molar refractivity (Wildman–Crippen MR) is 105 cm³/mol. The van der Waals surface area contributed by atoms with Gasteiger partial charge in [0.15, 0.2) is 0 Å². The molecule has 0 amide bonds. The molecule has 0 unspecified atom stereocenters. The molecule has 2 rings (SSSR count).